The van der Waals surface area contributed by atoms with Gasteiger partial charge in [0.05, 0.1) is 5.56 Å². The van der Waals surface area contributed by atoms with Crippen LogP contribution < -0.4 is 10.6 Å². The summed E-state index contributed by atoms with van der Waals surface area (Å²) >= 11 is 6.01. The molecule has 1 aromatic heterocycles. The van der Waals surface area contributed by atoms with Crippen LogP contribution in [0, 0.1) is 0 Å². The maximum atomic E-state index is 12.5. The zero-order chi connectivity index (χ0) is 17.1. The van der Waals surface area contributed by atoms with Crippen molar-refractivity contribution in [3.05, 3.63) is 52.7 Å². The summed E-state index contributed by atoms with van der Waals surface area (Å²) in [5.41, 5.74) is 2.52. The van der Waals surface area contributed by atoms with Gasteiger partial charge in [-0.2, -0.15) is 0 Å². The van der Waals surface area contributed by atoms with Gasteiger partial charge in [0.15, 0.2) is 0 Å². The highest BCUT2D eigenvalue weighted by Gasteiger charge is 2.22. The number of aromatic nitrogens is 1. The van der Waals surface area contributed by atoms with Gasteiger partial charge in [0.1, 0.15) is 5.82 Å². The Kier molecular flexibility index (Phi) is 5.05. The van der Waals surface area contributed by atoms with E-state index in [2.05, 4.69) is 29.5 Å². The van der Waals surface area contributed by atoms with E-state index in [0.717, 1.165) is 24.1 Å². The maximum Gasteiger partial charge on any atom is 0.253 e. The lowest BCUT2D eigenvalue weighted by atomic mass is 9.92. The van der Waals surface area contributed by atoms with Crippen LogP contribution in [0.2, 0.25) is 5.02 Å². The topological polar surface area (TPSA) is 54.0 Å². The molecule has 1 fully saturated rings. The highest BCUT2D eigenvalue weighted by molar-refractivity contribution is 6.30. The second kappa shape index (κ2) is 7.22. The molecule has 5 heteroatoms. The number of carbonyl (C=O) groups excluding carboxylic acids is 1. The Hall–Kier alpha value is -2.07. The minimum Gasteiger partial charge on any atom is -0.349 e. The van der Waals surface area contributed by atoms with Crippen molar-refractivity contribution in [2.24, 2.45) is 0 Å². The minimum absolute atomic E-state index is 0.0230. The fraction of sp³-hybridized carbons (Fsp3) is 0.368. The summed E-state index contributed by atoms with van der Waals surface area (Å²) in [5, 5.41) is 7.00. The van der Waals surface area contributed by atoms with E-state index in [0.29, 0.717) is 22.4 Å². The van der Waals surface area contributed by atoms with Crippen molar-refractivity contribution in [2.75, 3.05) is 5.32 Å². The molecule has 0 atom stereocenters. The number of halogens is 1. The number of nitrogens with one attached hydrogen (secondary N) is 2. The number of benzene rings is 1. The first-order valence-corrected chi connectivity index (χ1v) is 8.74. The molecule has 0 bridgehead atoms. The predicted molar refractivity (Wildman–Crippen MR) is 98.2 cm³/mol. The third kappa shape index (κ3) is 3.88. The molecule has 126 valence electrons. The standard InChI is InChI=1S/C19H22ClN3O/c1-12(2)16-10-18(22-15-8-3-5-13(20)9-15)21-11-17(16)19(24)23-14-6-4-7-14/h3,5,8-12,14H,4,6-7H2,1-2H3,(H,21,22)(H,23,24). The Bertz CT molecular complexity index is 741. The normalized spacial score (nSPS) is 14.3. The average Bonchev–Trinajstić information content (AvgIpc) is 2.50. The summed E-state index contributed by atoms with van der Waals surface area (Å²) in [4.78, 5) is 16.9. The monoisotopic (exact) mass is 343 g/mol. The largest absolute Gasteiger partial charge is 0.349 e. The Balaban J connectivity index is 1.82. The lowest BCUT2D eigenvalue weighted by Gasteiger charge is -2.27. The van der Waals surface area contributed by atoms with E-state index in [1.807, 2.05) is 30.3 Å². The van der Waals surface area contributed by atoms with E-state index in [9.17, 15) is 4.79 Å². The minimum atomic E-state index is -0.0230. The quantitative estimate of drug-likeness (QED) is 0.813. The summed E-state index contributed by atoms with van der Waals surface area (Å²) in [7, 11) is 0. The molecule has 0 aliphatic heterocycles. The van der Waals surface area contributed by atoms with Crippen LogP contribution >= 0.6 is 11.6 Å². The SMILES string of the molecule is CC(C)c1cc(Nc2cccc(Cl)c2)ncc1C(=O)NC1CCC1. The van der Waals surface area contributed by atoms with E-state index in [-0.39, 0.29) is 11.8 Å². The third-order valence-electron chi connectivity index (χ3n) is 4.34. The Morgan fingerprint density at radius 3 is 2.71 bits per heavy atom. The molecule has 0 saturated heterocycles. The van der Waals surface area contributed by atoms with E-state index < -0.39 is 0 Å². The van der Waals surface area contributed by atoms with Crippen LogP contribution in [-0.4, -0.2) is 16.9 Å². The summed E-state index contributed by atoms with van der Waals surface area (Å²) in [6.45, 7) is 4.16. The molecule has 2 N–H and O–H groups in total. The van der Waals surface area contributed by atoms with Crippen molar-refractivity contribution in [1.29, 1.82) is 0 Å². The maximum absolute atomic E-state index is 12.5. The number of hydrogen-bond donors (Lipinski definition) is 2. The fourth-order valence-electron chi connectivity index (χ4n) is 2.74. The van der Waals surface area contributed by atoms with Crippen LogP contribution in [-0.2, 0) is 0 Å². The van der Waals surface area contributed by atoms with E-state index >= 15 is 0 Å². The van der Waals surface area contributed by atoms with Gasteiger partial charge in [-0.15, -0.1) is 0 Å². The first kappa shape index (κ1) is 16.8. The summed E-state index contributed by atoms with van der Waals surface area (Å²) < 4.78 is 0. The summed E-state index contributed by atoms with van der Waals surface area (Å²) in [5.74, 6) is 0.918. The van der Waals surface area contributed by atoms with Crippen molar-refractivity contribution in [3.8, 4) is 0 Å². The molecule has 1 aliphatic rings. The zero-order valence-corrected chi connectivity index (χ0v) is 14.7. The van der Waals surface area contributed by atoms with Crippen LogP contribution in [0.3, 0.4) is 0 Å². The number of hydrogen-bond acceptors (Lipinski definition) is 3. The molecule has 0 unspecified atom stereocenters. The lowest BCUT2D eigenvalue weighted by Crippen LogP contribution is -2.39. The molecule has 24 heavy (non-hydrogen) atoms. The van der Waals surface area contributed by atoms with Crippen molar-refractivity contribution < 1.29 is 4.79 Å². The summed E-state index contributed by atoms with van der Waals surface area (Å²) in [6, 6.07) is 9.75. The molecule has 1 saturated carbocycles. The van der Waals surface area contributed by atoms with Crippen LogP contribution in [0.4, 0.5) is 11.5 Å². The van der Waals surface area contributed by atoms with Gasteiger partial charge in [-0.05, 0) is 55.0 Å². The van der Waals surface area contributed by atoms with Gasteiger partial charge >= 0.3 is 0 Å². The van der Waals surface area contributed by atoms with Gasteiger partial charge < -0.3 is 10.6 Å². The second-order valence-electron chi connectivity index (χ2n) is 6.55. The highest BCUT2D eigenvalue weighted by atomic mass is 35.5. The van der Waals surface area contributed by atoms with Crippen molar-refractivity contribution >= 4 is 29.0 Å². The Labute approximate surface area is 147 Å². The number of carbonyl (C=O) groups is 1. The van der Waals surface area contributed by atoms with Gasteiger partial charge in [0, 0.05) is 22.9 Å². The van der Waals surface area contributed by atoms with Gasteiger partial charge in [-0.25, -0.2) is 4.98 Å². The van der Waals surface area contributed by atoms with Crippen LogP contribution in [0.5, 0.6) is 0 Å². The van der Waals surface area contributed by atoms with Crippen LogP contribution in [0.1, 0.15) is 54.9 Å². The van der Waals surface area contributed by atoms with E-state index in [4.69, 9.17) is 11.6 Å². The number of rotatable bonds is 5. The molecule has 0 radical (unpaired) electrons. The number of amides is 1. The first-order valence-electron chi connectivity index (χ1n) is 8.36. The molecule has 3 rings (SSSR count). The Morgan fingerprint density at radius 1 is 1.29 bits per heavy atom. The third-order valence-corrected chi connectivity index (χ3v) is 4.58. The highest BCUT2D eigenvalue weighted by Crippen LogP contribution is 2.26. The number of nitrogens with zero attached hydrogens (tertiary/aromatic N) is 1. The van der Waals surface area contributed by atoms with Gasteiger partial charge in [0.25, 0.3) is 5.91 Å². The van der Waals surface area contributed by atoms with Gasteiger partial charge in [0.2, 0.25) is 0 Å². The second-order valence-corrected chi connectivity index (χ2v) is 6.98. The molecule has 1 aliphatic carbocycles. The van der Waals surface area contributed by atoms with Crippen molar-refractivity contribution in [3.63, 3.8) is 0 Å². The lowest BCUT2D eigenvalue weighted by molar-refractivity contribution is 0.0915. The fourth-order valence-corrected chi connectivity index (χ4v) is 2.93. The van der Waals surface area contributed by atoms with Gasteiger partial charge in [-0.3, -0.25) is 4.79 Å². The molecule has 0 spiro atoms. The molecule has 1 heterocycles. The van der Waals surface area contributed by atoms with E-state index in [1.54, 1.807) is 6.20 Å². The van der Waals surface area contributed by atoms with Crippen molar-refractivity contribution in [1.82, 2.24) is 10.3 Å². The summed E-state index contributed by atoms with van der Waals surface area (Å²) in [6.07, 6.45) is 5.01. The average molecular weight is 344 g/mol. The first-order chi connectivity index (χ1) is 11.5. The van der Waals surface area contributed by atoms with Crippen molar-refractivity contribution in [2.45, 2.75) is 45.1 Å². The molecule has 1 aromatic carbocycles. The predicted octanol–water partition coefficient (Wildman–Crippen LogP) is 4.88. The van der Waals surface area contributed by atoms with Crippen LogP contribution in [0.15, 0.2) is 36.5 Å². The number of anilines is 2. The molecular weight excluding hydrogens is 322 g/mol. The smallest absolute Gasteiger partial charge is 0.253 e. The van der Waals surface area contributed by atoms with E-state index in [1.165, 1.54) is 6.42 Å². The zero-order valence-electron chi connectivity index (χ0n) is 14.0. The number of pyridine rings is 1. The molecule has 4 nitrogen and oxygen atoms in total. The van der Waals surface area contributed by atoms with Crippen LogP contribution in [0.25, 0.3) is 0 Å². The van der Waals surface area contributed by atoms with Gasteiger partial charge in [-0.1, -0.05) is 31.5 Å². The molecule has 1 amide bonds. The molecular formula is C19H22ClN3O. The molecule has 2 aromatic rings. The Morgan fingerprint density at radius 2 is 2.08 bits per heavy atom.